The molecule has 2 atom stereocenters. The van der Waals surface area contributed by atoms with Crippen LogP contribution in [0, 0.1) is 18.7 Å². The van der Waals surface area contributed by atoms with Crippen molar-refractivity contribution >= 4 is 5.97 Å². The van der Waals surface area contributed by atoms with Gasteiger partial charge >= 0.3 is 5.97 Å². The molecule has 0 aliphatic heterocycles. The van der Waals surface area contributed by atoms with Gasteiger partial charge in [0.25, 0.3) is 0 Å². The van der Waals surface area contributed by atoms with Gasteiger partial charge in [-0.05, 0) is 30.5 Å². The van der Waals surface area contributed by atoms with Crippen molar-refractivity contribution in [1.82, 2.24) is 0 Å². The zero-order chi connectivity index (χ0) is 12.3. The minimum atomic E-state index is -0.919. The fourth-order valence-corrected chi connectivity index (χ4v) is 1.69. The summed E-state index contributed by atoms with van der Waals surface area (Å²) < 4.78 is 13.0. The lowest BCUT2D eigenvalue weighted by atomic mass is 9.91. The van der Waals surface area contributed by atoms with Crippen LogP contribution in [0.5, 0.6) is 0 Å². The van der Waals surface area contributed by atoms with Gasteiger partial charge in [0.05, 0.1) is 5.92 Å². The average molecular weight is 225 g/mol. The molecule has 0 spiro atoms. The summed E-state index contributed by atoms with van der Waals surface area (Å²) in [5, 5.41) is 8.97. The highest BCUT2D eigenvalue weighted by molar-refractivity contribution is 5.71. The van der Waals surface area contributed by atoms with Gasteiger partial charge in [0, 0.05) is 6.04 Å². The van der Waals surface area contributed by atoms with Gasteiger partial charge in [-0.3, -0.25) is 4.79 Å². The lowest BCUT2D eigenvalue weighted by Gasteiger charge is -2.19. The summed E-state index contributed by atoms with van der Waals surface area (Å²) in [4.78, 5) is 10.9. The first-order chi connectivity index (χ1) is 7.47. The first kappa shape index (κ1) is 12.6. The van der Waals surface area contributed by atoms with Gasteiger partial charge in [-0.2, -0.15) is 0 Å². The zero-order valence-electron chi connectivity index (χ0n) is 9.40. The van der Waals surface area contributed by atoms with Crippen LogP contribution in [-0.2, 0) is 4.79 Å². The van der Waals surface area contributed by atoms with E-state index in [9.17, 15) is 9.18 Å². The van der Waals surface area contributed by atoms with E-state index in [-0.39, 0.29) is 5.82 Å². The van der Waals surface area contributed by atoms with E-state index < -0.39 is 17.9 Å². The molecule has 3 nitrogen and oxygen atoms in total. The number of aliphatic carboxylic acids is 1. The number of carbonyl (C=O) groups is 1. The zero-order valence-corrected chi connectivity index (χ0v) is 9.40. The summed E-state index contributed by atoms with van der Waals surface area (Å²) in [6.07, 6.45) is 0.451. The molecule has 0 saturated heterocycles. The average Bonchev–Trinajstić information content (AvgIpc) is 2.22. The molecule has 0 radical (unpaired) electrons. The first-order valence-corrected chi connectivity index (χ1v) is 5.21. The molecule has 0 heterocycles. The number of benzene rings is 1. The van der Waals surface area contributed by atoms with Gasteiger partial charge in [-0.1, -0.05) is 19.1 Å². The van der Waals surface area contributed by atoms with E-state index in [4.69, 9.17) is 10.8 Å². The molecule has 16 heavy (non-hydrogen) atoms. The monoisotopic (exact) mass is 225 g/mol. The van der Waals surface area contributed by atoms with Crippen molar-refractivity contribution in [3.63, 3.8) is 0 Å². The van der Waals surface area contributed by atoms with Gasteiger partial charge in [0.1, 0.15) is 5.82 Å². The van der Waals surface area contributed by atoms with E-state index >= 15 is 0 Å². The number of rotatable bonds is 4. The Balaban J connectivity index is 2.99. The molecule has 0 aliphatic carbocycles. The van der Waals surface area contributed by atoms with Crippen LogP contribution in [0.3, 0.4) is 0 Å². The molecule has 0 fully saturated rings. The number of carboxylic acid groups (broad SMARTS) is 1. The molecule has 88 valence electrons. The van der Waals surface area contributed by atoms with E-state index in [1.807, 2.05) is 0 Å². The van der Waals surface area contributed by atoms with Crippen LogP contribution in [0.4, 0.5) is 4.39 Å². The number of nitrogens with two attached hydrogens (primary N) is 1. The van der Waals surface area contributed by atoms with Gasteiger partial charge in [-0.15, -0.1) is 0 Å². The van der Waals surface area contributed by atoms with Crippen LogP contribution in [0.1, 0.15) is 30.5 Å². The maximum Gasteiger partial charge on any atom is 0.308 e. The van der Waals surface area contributed by atoms with Crippen molar-refractivity contribution < 1.29 is 14.3 Å². The molecule has 1 rings (SSSR count). The van der Waals surface area contributed by atoms with Crippen LogP contribution in [0.15, 0.2) is 18.2 Å². The Morgan fingerprint density at radius 2 is 2.19 bits per heavy atom. The number of hydrogen-bond donors (Lipinski definition) is 2. The molecule has 0 aromatic heterocycles. The van der Waals surface area contributed by atoms with Gasteiger partial charge in [0.2, 0.25) is 0 Å². The first-order valence-electron chi connectivity index (χ1n) is 5.21. The Hall–Kier alpha value is -1.42. The minimum absolute atomic E-state index is 0.306. The second-order valence-corrected chi connectivity index (χ2v) is 3.89. The van der Waals surface area contributed by atoms with Crippen LogP contribution >= 0.6 is 0 Å². The molecule has 0 aliphatic rings. The second-order valence-electron chi connectivity index (χ2n) is 3.89. The minimum Gasteiger partial charge on any atom is -0.481 e. The predicted octanol–water partition coefficient (Wildman–Crippen LogP) is 2.24. The van der Waals surface area contributed by atoms with Crippen molar-refractivity contribution in [3.05, 3.63) is 35.1 Å². The molecule has 3 N–H and O–H groups in total. The number of hydrogen-bond acceptors (Lipinski definition) is 2. The molecule has 0 saturated carbocycles. The van der Waals surface area contributed by atoms with Gasteiger partial charge in [0.15, 0.2) is 0 Å². The number of carboxylic acids is 1. The van der Waals surface area contributed by atoms with Gasteiger partial charge < -0.3 is 10.8 Å². The molecular weight excluding hydrogens is 209 g/mol. The van der Waals surface area contributed by atoms with Crippen LogP contribution < -0.4 is 5.73 Å². The second kappa shape index (κ2) is 5.07. The van der Waals surface area contributed by atoms with Crippen LogP contribution in [0.25, 0.3) is 0 Å². The number of halogens is 1. The summed E-state index contributed by atoms with van der Waals surface area (Å²) in [7, 11) is 0. The highest BCUT2D eigenvalue weighted by atomic mass is 19.1. The van der Waals surface area contributed by atoms with Crippen molar-refractivity contribution in [2.24, 2.45) is 11.7 Å². The third-order valence-corrected chi connectivity index (χ3v) is 2.76. The summed E-state index contributed by atoms with van der Waals surface area (Å²) in [5.74, 6) is -1.86. The van der Waals surface area contributed by atoms with E-state index in [2.05, 4.69) is 0 Å². The topological polar surface area (TPSA) is 63.3 Å². The molecular formula is C12H16FNO2. The highest BCUT2D eigenvalue weighted by Gasteiger charge is 2.24. The van der Waals surface area contributed by atoms with Crippen molar-refractivity contribution in [1.29, 1.82) is 0 Å². The summed E-state index contributed by atoms with van der Waals surface area (Å²) in [5.41, 5.74) is 7.01. The Labute approximate surface area is 94.1 Å². The SMILES string of the molecule is CCC(C(=O)O)C(N)c1ccc(F)c(C)c1. The van der Waals surface area contributed by atoms with Crippen molar-refractivity contribution in [2.75, 3.05) is 0 Å². The Morgan fingerprint density at radius 3 is 2.62 bits per heavy atom. The maximum absolute atomic E-state index is 13.0. The van der Waals surface area contributed by atoms with Crippen molar-refractivity contribution in [2.45, 2.75) is 26.3 Å². The lowest BCUT2D eigenvalue weighted by molar-refractivity contribution is -0.142. The van der Waals surface area contributed by atoms with Gasteiger partial charge in [-0.25, -0.2) is 4.39 Å². The number of aryl methyl sites for hydroxylation is 1. The van der Waals surface area contributed by atoms with Crippen LogP contribution in [-0.4, -0.2) is 11.1 Å². The Bertz CT molecular complexity index is 393. The summed E-state index contributed by atoms with van der Waals surface area (Å²) in [6, 6.07) is 3.87. The molecule has 4 heteroatoms. The lowest BCUT2D eigenvalue weighted by Crippen LogP contribution is -2.27. The molecule has 1 aromatic carbocycles. The predicted molar refractivity (Wildman–Crippen MR) is 59.5 cm³/mol. The fourth-order valence-electron chi connectivity index (χ4n) is 1.69. The highest BCUT2D eigenvalue weighted by Crippen LogP contribution is 2.24. The summed E-state index contributed by atoms with van der Waals surface area (Å²) >= 11 is 0. The smallest absolute Gasteiger partial charge is 0.308 e. The van der Waals surface area contributed by atoms with E-state index in [0.29, 0.717) is 17.5 Å². The quantitative estimate of drug-likeness (QED) is 0.826. The standard InChI is InChI=1S/C12H16FNO2/c1-3-9(12(15)16)11(14)8-4-5-10(13)7(2)6-8/h4-6,9,11H,3,14H2,1-2H3,(H,15,16). The Morgan fingerprint density at radius 1 is 1.56 bits per heavy atom. The van der Waals surface area contributed by atoms with E-state index in [1.54, 1.807) is 26.0 Å². The fraction of sp³-hybridized carbons (Fsp3) is 0.417. The molecule has 0 bridgehead atoms. The molecule has 1 aromatic rings. The largest absolute Gasteiger partial charge is 0.481 e. The molecule has 2 unspecified atom stereocenters. The summed E-state index contributed by atoms with van der Waals surface area (Å²) in [6.45, 7) is 3.41. The maximum atomic E-state index is 13.0. The van der Waals surface area contributed by atoms with Crippen LogP contribution in [0.2, 0.25) is 0 Å². The molecule has 0 amide bonds. The van der Waals surface area contributed by atoms with Crippen molar-refractivity contribution in [3.8, 4) is 0 Å². The third kappa shape index (κ3) is 2.58. The van der Waals surface area contributed by atoms with E-state index in [1.165, 1.54) is 6.07 Å². The van der Waals surface area contributed by atoms with E-state index in [0.717, 1.165) is 0 Å². The normalized spacial score (nSPS) is 14.5. The Kier molecular flexibility index (Phi) is 4.01. The third-order valence-electron chi connectivity index (χ3n) is 2.76.